The molecule has 0 spiro atoms. The van der Waals surface area contributed by atoms with Crippen LogP contribution >= 0.6 is 24.0 Å². The molecule has 0 aliphatic carbocycles. The van der Waals surface area contributed by atoms with Crippen molar-refractivity contribution in [3.8, 4) is 5.75 Å². The quantitative estimate of drug-likeness (QED) is 0.267. The number of nitrogens with one attached hydrogen (secondary N) is 3. The summed E-state index contributed by atoms with van der Waals surface area (Å²) in [7, 11) is 5.10. The van der Waals surface area contributed by atoms with Gasteiger partial charge in [-0.05, 0) is 61.3 Å². The summed E-state index contributed by atoms with van der Waals surface area (Å²) in [4.78, 5) is 18.8. The van der Waals surface area contributed by atoms with Gasteiger partial charge in [0.05, 0.1) is 13.2 Å². The molecular formula is C24H34IN5O2. The van der Waals surface area contributed by atoms with Gasteiger partial charge in [-0.2, -0.15) is 0 Å². The highest BCUT2D eigenvalue weighted by Crippen LogP contribution is 2.26. The fraction of sp³-hybridized carbons (Fsp3) is 0.417. The number of carbonyl (C=O) groups is 1. The number of hydrogen-bond acceptors (Lipinski definition) is 4. The summed E-state index contributed by atoms with van der Waals surface area (Å²) in [5.41, 5.74) is 2.94. The Balaban J connectivity index is 0.00000363. The Morgan fingerprint density at radius 3 is 2.47 bits per heavy atom. The van der Waals surface area contributed by atoms with E-state index in [1.54, 1.807) is 21.2 Å². The van der Waals surface area contributed by atoms with Gasteiger partial charge < -0.3 is 20.7 Å². The van der Waals surface area contributed by atoms with Crippen LogP contribution in [-0.4, -0.2) is 57.6 Å². The Morgan fingerprint density at radius 2 is 1.84 bits per heavy atom. The minimum absolute atomic E-state index is 0. The number of carbonyl (C=O) groups excluding carboxylic acids is 1. The molecule has 1 amide bonds. The maximum Gasteiger partial charge on any atom is 0.251 e. The van der Waals surface area contributed by atoms with Crippen LogP contribution in [0.25, 0.3) is 0 Å². The highest BCUT2D eigenvalue weighted by atomic mass is 127. The molecule has 2 aromatic carbocycles. The SMILES string of the molecule is CN=C(NCc1cccc(C(=O)NC)c1)NCC(c1ccc(OC)cc1)N1CCCC1.I. The maximum absolute atomic E-state index is 11.9. The van der Waals surface area contributed by atoms with Crippen LogP contribution in [-0.2, 0) is 6.54 Å². The van der Waals surface area contributed by atoms with Gasteiger partial charge in [-0.3, -0.25) is 14.7 Å². The molecule has 3 N–H and O–H groups in total. The van der Waals surface area contributed by atoms with Gasteiger partial charge in [0.1, 0.15) is 5.75 Å². The van der Waals surface area contributed by atoms with Gasteiger partial charge >= 0.3 is 0 Å². The Morgan fingerprint density at radius 1 is 1.12 bits per heavy atom. The van der Waals surface area contributed by atoms with E-state index >= 15 is 0 Å². The predicted molar refractivity (Wildman–Crippen MR) is 140 cm³/mol. The zero-order valence-electron chi connectivity index (χ0n) is 19.1. The predicted octanol–water partition coefficient (Wildman–Crippen LogP) is 3.17. The lowest BCUT2D eigenvalue weighted by atomic mass is 10.1. The molecular weight excluding hydrogens is 517 g/mol. The molecule has 3 rings (SSSR count). The average molecular weight is 551 g/mol. The van der Waals surface area contributed by atoms with Crippen molar-refractivity contribution >= 4 is 35.8 Å². The third kappa shape index (κ3) is 7.09. The minimum Gasteiger partial charge on any atom is -0.497 e. The summed E-state index contributed by atoms with van der Waals surface area (Å²) < 4.78 is 5.31. The van der Waals surface area contributed by atoms with Gasteiger partial charge in [0, 0.05) is 32.7 Å². The van der Waals surface area contributed by atoms with Crippen molar-refractivity contribution in [2.75, 3.05) is 40.8 Å². The second kappa shape index (κ2) is 13.3. The lowest BCUT2D eigenvalue weighted by Crippen LogP contribution is -2.42. The number of benzene rings is 2. The number of likely N-dealkylation sites (tertiary alicyclic amines) is 1. The minimum atomic E-state index is -0.0858. The van der Waals surface area contributed by atoms with Crippen LogP contribution in [0, 0.1) is 0 Å². The summed E-state index contributed by atoms with van der Waals surface area (Å²) in [5.74, 6) is 1.52. The van der Waals surface area contributed by atoms with Crippen LogP contribution < -0.4 is 20.7 Å². The monoisotopic (exact) mass is 551 g/mol. The van der Waals surface area contributed by atoms with Crippen LogP contribution in [0.3, 0.4) is 0 Å². The second-order valence-corrected chi connectivity index (χ2v) is 7.62. The molecule has 1 fully saturated rings. The Kier molecular flexibility index (Phi) is 10.8. The van der Waals surface area contributed by atoms with Crippen molar-refractivity contribution in [2.24, 2.45) is 4.99 Å². The van der Waals surface area contributed by atoms with E-state index in [0.29, 0.717) is 12.1 Å². The molecule has 32 heavy (non-hydrogen) atoms. The molecule has 1 aliphatic rings. The van der Waals surface area contributed by atoms with Gasteiger partial charge in [-0.15, -0.1) is 24.0 Å². The first-order chi connectivity index (χ1) is 15.1. The van der Waals surface area contributed by atoms with Crippen LogP contribution in [0.5, 0.6) is 5.75 Å². The molecule has 1 heterocycles. The van der Waals surface area contributed by atoms with E-state index in [1.165, 1.54) is 18.4 Å². The molecule has 0 saturated carbocycles. The van der Waals surface area contributed by atoms with E-state index in [4.69, 9.17) is 4.74 Å². The van der Waals surface area contributed by atoms with Crippen molar-refractivity contribution < 1.29 is 9.53 Å². The van der Waals surface area contributed by atoms with Crippen LogP contribution in [0.1, 0.15) is 40.4 Å². The van der Waals surface area contributed by atoms with E-state index < -0.39 is 0 Å². The molecule has 1 saturated heterocycles. The summed E-state index contributed by atoms with van der Waals surface area (Å²) >= 11 is 0. The Hall–Kier alpha value is -2.33. The molecule has 8 heteroatoms. The summed E-state index contributed by atoms with van der Waals surface area (Å²) in [6, 6.07) is 16.2. The molecule has 174 valence electrons. The molecule has 0 bridgehead atoms. The lowest BCUT2D eigenvalue weighted by Gasteiger charge is -2.29. The molecule has 1 aliphatic heterocycles. The van der Waals surface area contributed by atoms with Gasteiger partial charge in [-0.1, -0.05) is 24.3 Å². The number of hydrogen-bond donors (Lipinski definition) is 3. The fourth-order valence-electron chi connectivity index (χ4n) is 3.90. The van der Waals surface area contributed by atoms with Crippen molar-refractivity contribution in [3.05, 3.63) is 65.2 Å². The molecule has 0 aromatic heterocycles. The van der Waals surface area contributed by atoms with Gasteiger partial charge in [-0.25, -0.2) is 0 Å². The van der Waals surface area contributed by atoms with E-state index in [1.807, 2.05) is 36.4 Å². The smallest absolute Gasteiger partial charge is 0.251 e. The average Bonchev–Trinajstić information content (AvgIpc) is 3.36. The first-order valence-corrected chi connectivity index (χ1v) is 10.8. The molecule has 2 aromatic rings. The molecule has 0 radical (unpaired) electrons. The van der Waals surface area contributed by atoms with Crippen molar-refractivity contribution in [3.63, 3.8) is 0 Å². The molecule has 1 unspecified atom stereocenters. The fourth-order valence-corrected chi connectivity index (χ4v) is 3.90. The summed E-state index contributed by atoms with van der Waals surface area (Å²) in [6.45, 7) is 3.55. The van der Waals surface area contributed by atoms with Crippen molar-refractivity contribution in [1.29, 1.82) is 0 Å². The zero-order chi connectivity index (χ0) is 22.1. The maximum atomic E-state index is 11.9. The first-order valence-electron chi connectivity index (χ1n) is 10.8. The summed E-state index contributed by atoms with van der Waals surface area (Å²) in [5, 5.41) is 9.49. The first kappa shape index (κ1) is 25.9. The van der Waals surface area contributed by atoms with Crippen molar-refractivity contribution in [1.82, 2.24) is 20.9 Å². The third-order valence-electron chi connectivity index (χ3n) is 5.64. The van der Waals surface area contributed by atoms with E-state index in [-0.39, 0.29) is 35.9 Å². The van der Waals surface area contributed by atoms with Crippen LogP contribution in [0.15, 0.2) is 53.5 Å². The zero-order valence-corrected chi connectivity index (χ0v) is 21.4. The van der Waals surface area contributed by atoms with Crippen LogP contribution in [0.2, 0.25) is 0 Å². The van der Waals surface area contributed by atoms with Gasteiger partial charge in [0.2, 0.25) is 0 Å². The number of amides is 1. The van der Waals surface area contributed by atoms with E-state index in [2.05, 4.69) is 38.0 Å². The van der Waals surface area contributed by atoms with Gasteiger partial charge in [0.15, 0.2) is 5.96 Å². The number of methoxy groups -OCH3 is 1. The normalized spacial score (nSPS) is 14.9. The lowest BCUT2D eigenvalue weighted by molar-refractivity contribution is 0.0963. The third-order valence-corrected chi connectivity index (χ3v) is 5.64. The largest absolute Gasteiger partial charge is 0.497 e. The molecule has 1 atom stereocenters. The number of aliphatic imine (C=N–C) groups is 1. The van der Waals surface area contributed by atoms with Gasteiger partial charge in [0.25, 0.3) is 5.91 Å². The highest BCUT2D eigenvalue weighted by molar-refractivity contribution is 14.0. The number of rotatable bonds is 8. The second-order valence-electron chi connectivity index (χ2n) is 7.62. The Bertz CT molecular complexity index is 882. The number of halogens is 1. The number of nitrogens with zero attached hydrogens (tertiary/aromatic N) is 2. The van der Waals surface area contributed by atoms with Crippen LogP contribution in [0.4, 0.5) is 0 Å². The van der Waals surface area contributed by atoms with E-state index in [9.17, 15) is 4.79 Å². The highest BCUT2D eigenvalue weighted by Gasteiger charge is 2.23. The summed E-state index contributed by atoms with van der Waals surface area (Å²) in [6.07, 6.45) is 2.47. The molecule has 7 nitrogen and oxygen atoms in total. The van der Waals surface area contributed by atoms with E-state index in [0.717, 1.165) is 36.9 Å². The standard InChI is InChI=1S/C24H33N5O2.HI/c1-25-23(30)20-8-6-7-18(15-20)16-27-24(26-2)28-17-22(29-13-4-5-14-29)19-9-11-21(31-3)12-10-19;/h6-12,15,22H,4-5,13-14,16-17H2,1-3H3,(H,25,30)(H2,26,27,28);1H. The number of guanidine groups is 1. The Labute approximate surface area is 208 Å². The van der Waals surface area contributed by atoms with Crippen molar-refractivity contribution in [2.45, 2.75) is 25.4 Å². The topological polar surface area (TPSA) is 78.0 Å². The number of ether oxygens (including phenoxy) is 1.